The zero-order chi connectivity index (χ0) is 17.6. The van der Waals surface area contributed by atoms with E-state index in [9.17, 15) is 4.79 Å². The number of rotatable bonds is 6. The lowest BCUT2D eigenvalue weighted by Gasteiger charge is -2.29. The molecule has 6 heteroatoms. The number of carbonyl (C=O) groups excluding carboxylic acids is 1. The first-order valence-corrected chi connectivity index (χ1v) is 9.72. The molecule has 1 fully saturated rings. The van der Waals surface area contributed by atoms with Crippen LogP contribution < -0.4 is 5.32 Å². The molecule has 0 bridgehead atoms. The maximum atomic E-state index is 12.3. The minimum absolute atomic E-state index is 0.0151. The smallest absolute Gasteiger partial charge is 0.251 e. The van der Waals surface area contributed by atoms with E-state index < -0.39 is 0 Å². The van der Waals surface area contributed by atoms with Crippen LogP contribution in [0.5, 0.6) is 0 Å². The lowest BCUT2D eigenvalue weighted by molar-refractivity contribution is 0.0942. The molecule has 0 radical (unpaired) electrons. The highest BCUT2D eigenvalue weighted by molar-refractivity contribution is 9.10. The van der Waals surface area contributed by atoms with Crippen molar-refractivity contribution in [2.75, 3.05) is 26.2 Å². The Kier molecular flexibility index (Phi) is 6.26. The Labute approximate surface area is 157 Å². The lowest BCUT2D eigenvalue weighted by Crippen LogP contribution is -2.38. The number of benzene rings is 1. The predicted molar refractivity (Wildman–Crippen MR) is 103 cm³/mol. The van der Waals surface area contributed by atoms with Gasteiger partial charge in [0.25, 0.3) is 5.91 Å². The zero-order valence-electron chi connectivity index (χ0n) is 14.6. The normalized spacial score (nSPS) is 16.6. The van der Waals surface area contributed by atoms with Gasteiger partial charge in [-0.1, -0.05) is 13.3 Å². The fraction of sp³-hybridized carbons (Fsp3) is 0.474. The van der Waals surface area contributed by atoms with E-state index >= 15 is 0 Å². The van der Waals surface area contributed by atoms with Crippen molar-refractivity contribution < 1.29 is 4.79 Å². The van der Waals surface area contributed by atoms with Gasteiger partial charge >= 0.3 is 0 Å². The Morgan fingerprint density at radius 2 is 1.96 bits per heavy atom. The summed E-state index contributed by atoms with van der Waals surface area (Å²) in [5, 5.41) is 7.30. The molecule has 0 aliphatic carbocycles. The first-order chi connectivity index (χ1) is 12.1. The maximum Gasteiger partial charge on any atom is 0.251 e. The molecule has 134 valence electrons. The van der Waals surface area contributed by atoms with E-state index in [1.165, 1.54) is 32.4 Å². The third-order valence-electron chi connectivity index (χ3n) is 4.57. The Bertz CT molecular complexity index is 692. The van der Waals surface area contributed by atoms with Gasteiger partial charge in [0.2, 0.25) is 0 Å². The summed E-state index contributed by atoms with van der Waals surface area (Å²) >= 11 is 3.39. The largest absolute Gasteiger partial charge is 0.352 e. The molecule has 1 aromatic heterocycles. The van der Waals surface area contributed by atoms with Gasteiger partial charge in [0.1, 0.15) is 0 Å². The molecule has 1 N–H and O–H groups in total. The molecule has 1 aliphatic heterocycles. The van der Waals surface area contributed by atoms with Crippen LogP contribution in [0.15, 0.2) is 41.1 Å². The van der Waals surface area contributed by atoms with Crippen molar-refractivity contribution in [2.24, 2.45) is 5.92 Å². The first kappa shape index (κ1) is 18.1. The minimum Gasteiger partial charge on any atom is -0.352 e. The molecule has 2 heterocycles. The standard InChI is InChI=1S/C19H25BrN4O/c1-15(13-23-9-3-2-4-10-23)11-21-19(25)16-5-7-18(8-6-16)24-14-17(20)12-22-24/h5-8,12,14-15H,2-4,9-11,13H2,1H3,(H,21,25). The Morgan fingerprint density at radius 1 is 1.24 bits per heavy atom. The summed E-state index contributed by atoms with van der Waals surface area (Å²) in [6.45, 7) is 6.37. The molecule has 25 heavy (non-hydrogen) atoms. The van der Waals surface area contributed by atoms with E-state index in [0.29, 0.717) is 18.0 Å². The Balaban J connectivity index is 1.49. The average molecular weight is 405 g/mol. The van der Waals surface area contributed by atoms with Crippen LogP contribution >= 0.6 is 15.9 Å². The number of likely N-dealkylation sites (tertiary alicyclic amines) is 1. The summed E-state index contributed by atoms with van der Waals surface area (Å²) in [6.07, 6.45) is 7.59. The van der Waals surface area contributed by atoms with E-state index in [2.05, 4.69) is 38.2 Å². The molecule has 2 aromatic rings. The van der Waals surface area contributed by atoms with Crippen LogP contribution in [-0.4, -0.2) is 46.8 Å². The molecule has 1 unspecified atom stereocenters. The van der Waals surface area contributed by atoms with E-state index in [4.69, 9.17) is 0 Å². The number of piperidine rings is 1. The summed E-state index contributed by atoms with van der Waals surface area (Å²) < 4.78 is 2.70. The highest BCUT2D eigenvalue weighted by Crippen LogP contribution is 2.14. The van der Waals surface area contributed by atoms with Gasteiger partial charge in [-0.05, 0) is 72.0 Å². The first-order valence-electron chi connectivity index (χ1n) is 8.93. The van der Waals surface area contributed by atoms with Gasteiger partial charge in [-0.2, -0.15) is 5.10 Å². The summed E-state index contributed by atoms with van der Waals surface area (Å²) in [5.41, 5.74) is 1.61. The predicted octanol–water partition coefficient (Wildman–Crippen LogP) is 3.49. The highest BCUT2D eigenvalue weighted by Gasteiger charge is 2.14. The van der Waals surface area contributed by atoms with Crippen molar-refractivity contribution in [1.29, 1.82) is 0 Å². The number of halogens is 1. The number of amides is 1. The molecule has 1 atom stereocenters. The fourth-order valence-electron chi connectivity index (χ4n) is 3.22. The van der Waals surface area contributed by atoms with Crippen LogP contribution in [0.25, 0.3) is 5.69 Å². The number of nitrogens with one attached hydrogen (secondary N) is 1. The molecular formula is C19H25BrN4O. The second kappa shape index (κ2) is 8.63. The van der Waals surface area contributed by atoms with E-state index in [1.54, 1.807) is 10.9 Å². The van der Waals surface area contributed by atoms with Crippen LogP contribution in [0.1, 0.15) is 36.5 Å². The quantitative estimate of drug-likeness (QED) is 0.801. The summed E-state index contributed by atoms with van der Waals surface area (Å²) in [4.78, 5) is 14.8. The van der Waals surface area contributed by atoms with Crippen LogP contribution in [0.2, 0.25) is 0 Å². The van der Waals surface area contributed by atoms with Crippen molar-refractivity contribution in [1.82, 2.24) is 20.0 Å². The lowest BCUT2D eigenvalue weighted by atomic mass is 10.1. The van der Waals surface area contributed by atoms with Crippen LogP contribution in [0.4, 0.5) is 0 Å². The second-order valence-electron chi connectivity index (χ2n) is 6.83. The van der Waals surface area contributed by atoms with Crippen molar-refractivity contribution in [3.8, 4) is 5.69 Å². The van der Waals surface area contributed by atoms with Gasteiger partial charge in [-0.3, -0.25) is 4.79 Å². The van der Waals surface area contributed by atoms with Crippen molar-refractivity contribution in [2.45, 2.75) is 26.2 Å². The van der Waals surface area contributed by atoms with Crippen LogP contribution in [-0.2, 0) is 0 Å². The molecule has 1 aliphatic rings. The Morgan fingerprint density at radius 3 is 2.60 bits per heavy atom. The number of carbonyl (C=O) groups is 1. The molecule has 0 spiro atoms. The van der Waals surface area contributed by atoms with Gasteiger partial charge < -0.3 is 10.2 Å². The van der Waals surface area contributed by atoms with E-state index in [-0.39, 0.29) is 5.91 Å². The second-order valence-corrected chi connectivity index (χ2v) is 7.74. The zero-order valence-corrected chi connectivity index (χ0v) is 16.2. The van der Waals surface area contributed by atoms with Gasteiger partial charge in [-0.15, -0.1) is 0 Å². The summed E-state index contributed by atoms with van der Waals surface area (Å²) in [6, 6.07) is 7.50. The topological polar surface area (TPSA) is 50.2 Å². The SMILES string of the molecule is CC(CNC(=O)c1ccc(-n2cc(Br)cn2)cc1)CN1CCCCC1. The average Bonchev–Trinajstić information content (AvgIpc) is 3.07. The van der Waals surface area contributed by atoms with Gasteiger partial charge in [0.15, 0.2) is 0 Å². The number of hydrogen-bond acceptors (Lipinski definition) is 3. The van der Waals surface area contributed by atoms with E-state index in [0.717, 1.165) is 16.7 Å². The molecule has 5 nitrogen and oxygen atoms in total. The molecular weight excluding hydrogens is 380 g/mol. The van der Waals surface area contributed by atoms with Crippen molar-refractivity contribution in [3.05, 3.63) is 46.7 Å². The third-order valence-corrected chi connectivity index (χ3v) is 4.98. The molecule has 1 amide bonds. The number of hydrogen-bond donors (Lipinski definition) is 1. The summed E-state index contributed by atoms with van der Waals surface area (Å²) in [5.74, 6) is 0.446. The number of aromatic nitrogens is 2. The maximum absolute atomic E-state index is 12.3. The molecule has 0 saturated carbocycles. The molecule has 1 aromatic carbocycles. The highest BCUT2D eigenvalue weighted by atomic mass is 79.9. The van der Waals surface area contributed by atoms with Crippen LogP contribution in [0, 0.1) is 5.92 Å². The van der Waals surface area contributed by atoms with Crippen LogP contribution in [0.3, 0.4) is 0 Å². The van der Waals surface area contributed by atoms with E-state index in [1.807, 2.05) is 30.5 Å². The fourth-order valence-corrected chi connectivity index (χ4v) is 3.51. The monoisotopic (exact) mass is 404 g/mol. The molecule has 3 rings (SSSR count). The van der Waals surface area contributed by atoms with Gasteiger partial charge in [-0.25, -0.2) is 4.68 Å². The van der Waals surface area contributed by atoms with Crippen molar-refractivity contribution in [3.63, 3.8) is 0 Å². The summed E-state index contributed by atoms with van der Waals surface area (Å²) in [7, 11) is 0. The number of nitrogens with zero attached hydrogens (tertiary/aromatic N) is 3. The third kappa shape index (κ3) is 5.16. The van der Waals surface area contributed by atoms with Crippen molar-refractivity contribution >= 4 is 21.8 Å². The van der Waals surface area contributed by atoms with Gasteiger partial charge in [0, 0.05) is 24.8 Å². The minimum atomic E-state index is -0.0151. The molecule has 1 saturated heterocycles. The Hall–Kier alpha value is -1.66. The van der Waals surface area contributed by atoms with Gasteiger partial charge in [0.05, 0.1) is 16.4 Å².